The summed E-state index contributed by atoms with van der Waals surface area (Å²) in [6.45, 7) is 5.24. The molecule has 1 saturated heterocycles. The van der Waals surface area contributed by atoms with E-state index in [1.807, 2.05) is 13.8 Å². The molecule has 1 aromatic carbocycles. The molecule has 3 unspecified atom stereocenters. The fourth-order valence-corrected chi connectivity index (χ4v) is 2.92. The van der Waals surface area contributed by atoms with E-state index in [1.54, 1.807) is 0 Å². The Labute approximate surface area is 120 Å². The fourth-order valence-electron chi connectivity index (χ4n) is 2.61. The van der Waals surface area contributed by atoms with Gasteiger partial charge in [0.15, 0.2) is 0 Å². The van der Waals surface area contributed by atoms with Gasteiger partial charge in [0.05, 0.1) is 17.2 Å². The zero-order chi connectivity index (χ0) is 14.0. The van der Waals surface area contributed by atoms with Gasteiger partial charge in [0, 0.05) is 17.5 Å². The lowest BCUT2D eigenvalue weighted by Gasteiger charge is -2.24. The second-order valence-corrected chi connectivity index (χ2v) is 5.82. The average molecular weight is 334 g/mol. The molecule has 0 aliphatic carbocycles. The second kappa shape index (κ2) is 6.29. The normalized spacial score (nSPS) is 24.7. The van der Waals surface area contributed by atoms with Gasteiger partial charge in [-0.1, -0.05) is 6.92 Å². The molecule has 0 saturated carbocycles. The summed E-state index contributed by atoms with van der Waals surface area (Å²) in [6, 6.07) is 2.25. The van der Waals surface area contributed by atoms with Gasteiger partial charge in [-0.25, -0.2) is 8.78 Å². The molecular weight excluding hydrogens is 316 g/mol. The van der Waals surface area contributed by atoms with Crippen molar-refractivity contribution in [3.05, 3.63) is 33.8 Å². The van der Waals surface area contributed by atoms with E-state index < -0.39 is 11.6 Å². The first kappa shape index (κ1) is 14.9. The molecule has 0 amide bonds. The largest absolute Gasteiger partial charge is 0.378 e. The molecule has 2 nitrogen and oxygen atoms in total. The number of ether oxygens (including phenoxy) is 1. The lowest BCUT2D eigenvalue weighted by atomic mass is 9.90. The summed E-state index contributed by atoms with van der Waals surface area (Å²) in [6.07, 6.45) is 1.03. The maximum Gasteiger partial charge on any atom is 0.137 e. The Hall–Kier alpha value is -0.520. The van der Waals surface area contributed by atoms with Gasteiger partial charge in [-0.05, 0) is 48.0 Å². The van der Waals surface area contributed by atoms with Crippen molar-refractivity contribution >= 4 is 15.9 Å². The van der Waals surface area contributed by atoms with Crippen LogP contribution in [0.2, 0.25) is 0 Å². The van der Waals surface area contributed by atoms with Crippen LogP contribution in [0.25, 0.3) is 0 Å². The Morgan fingerprint density at radius 3 is 2.74 bits per heavy atom. The van der Waals surface area contributed by atoms with Crippen molar-refractivity contribution in [2.24, 2.45) is 5.92 Å². The van der Waals surface area contributed by atoms with Crippen LogP contribution in [0.4, 0.5) is 8.78 Å². The highest BCUT2D eigenvalue weighted by Gasteiger charge is 2.32. The minimum absolute atomic E-state index is 0.153. The molecule has 1 heterocycles. The van der Waals surface area contributed by atoms with Crippen LogP contribution in [0.15, 0.2) is 16.6 Å². The van der Waals surface area contributed by atoms with Crippen LogP contribution < -0.4 is 5.32 Å². The minimum atomic E-state index is -0.439. The predicted molar refractivity (Wildman–Crippen MR) is 74.0 cm³/mol. The van der Waals surface area contributed by atoms with Gasteiger partial charge >= 0.3 is 0 Å². The highest BCUT2D eigenvalue weighted by atomic mass is 79.9. The first-order valence-corrected chi connectivity index (χ1v) is 7.31. The van der Waals surface area contributed by atoms with Crippen LogP contribution >= 0.6 is 15.9 Å². The summed E-state index contributed by atoms with van der Waals surface area (Å²) >= 11 is 3.00. The van der Waals surface area contributed by atoms with Crippen molar-refractivity contribution in [3.63, 3.8) is 0 Å². The van der Waals surface area contributed by atoms with Crippen LogP contribution in [0.1, 0.15) is 31.9 Å². The summed E-state index contributed by atoms with van der Waals surface area (Å²) < 4.78 is 33.4. The molecule has 1 fully saturated rings. The Morgan fingerprint density at radius 2 is 2.16 bits per heavy atom. The van der Waals surface area contributed by atoms with Crippen molar-refractivity contribution < 1.29 is 13.5 Å². The molecule has 0 spiro atoms. The minimum Gasteiger partial charge on any atom is -0.378 e. The molecule has 1 aliphatic rings. The number of halogens is 3. The number of hydrogen-bond acceptors (Lipinski definition) is 2. The van der Waals surface area contributed by atoms with E-state index in [0.29, 0.717) is 18.7 Å². The van der Waals surface area contributed by atoms with Gasteiger partial charge in [-0.15, -0.1) is 0 Å². The number of nitrogens with one attached hydrogen (secondary N) is 1. The van der Waals surface area contributed by atoms with Crippen molar-refractivity contribution in [3.8, 4) is 0 Å². The van der Waals surface area contributed by atoms with Gasteiger partial charge < -0.3 is 10.1 Å². The number of benzene rings is 1. The lowest BCUT2D eigenvalue weighted by molar-refractivity contribution is 0.116. The standard InChI is InChI=1S/C14H18BrF2NO/c1-3-18-14(9-4-8(2)19-7-9)10-5-13(17)11(15)6-12(10)16/h5-6,8-9,14,18H,3-4,7H2,1-2H3. The van der Waals surface area contributed by atoms with E-state index in [-0.39, 0.29) is 22.5 Å². The van der Waals surface area contributed by atoms with Crippen LogP contribution in [0, 0.1) is 17.6 Å². The Bertz CT molecular complexity index is 455. The smallest absolute Gasteiger partial charge is 0.137 e. The SMILES string of the molecule is CCNC(c1cc(F)c(Br)cc1F)C1COC(C)C1. The van der Waals surface area contributed by atoms with Crippen LogP contribution in [0.3, 0.4) is 0 Å². The molecule has 1 aromatic rings. The third-order valence-electron chi connectivity index (χ3n) is 3.50. The summed E-state index contributed by atoms with van der Waals surface area (Å²) in [5, 5.41) is 3.25. The molecule has 3 atom stereocenters. The van der Waals surface area contributed by atoms with Crippen molar-refractivity contribution in [2.45, 2.75) is 32.4 Å². The summed E-state index contributed by atoms with van der Waals surface area (Å²) in [7, 11) is 0. The van der Waals surface area contributed by atoms with Crippen LogP contribution in [-0.2, 0) is 4.74 Å². The highest BCUT2D eigenvalue weighted by molar-refractivity contribution is 9.10. The maximum atomic E-state index is 14.1. The van der Waals surface area contributed by atoms with Gasteiger partial charge in [-0.2, -0.15) is 0 Å². The van der Waals surface area contributed by atoms with E-state index in [4.69, 9.17) is 4.74 Å². The van der Waals surface area contributed by atoms with E-state index in [9.17, 15) is 8.78 Å². The Balaban J connectivity index is 2.30. The molecule has 0 radical (unpaired) electrons. The van der Waals surface area contributed by atoms with Crippen LogP contribution in [-0.4, -0.2) is 19.3 Å². The molecule has 1 aliphatic heterocycles. The average Bonchev–Trinajstić information content (AvgIpc) is 2.78. The van der Waals surface area contributed by atoms with Gasteiger partial charge in [0.2, 0.25) is 0 Å². The molecular formula is C14H18BrF2NO. The first-order valence-electron chi connectivity index (χ1n) is 6.52. The van der Waals surface area contributed by atoms with Gasteiger partial charge in [0.25, 0.3) is 0 Å². The van der Waals surface area contributed by atoms with Crippen LogP contribution in [0.5, 0.6) is 0 Å². The third kappa shape index (κ3) is 3.33. The van der Waals surface area contributed by atoms with Crippen molar-refractivity contribution in [1.82, 2.24) is 5.32 Å². The fraction of sp³-hybridized carbons (Fsp3) is 0.571. The number of hydrogen-bond donors (Lipinski definition) is 1. The van der Waals surface area contributed by atoms with Gasteiger partial charge in [-0.3, -0.25) is 0 Å². The molecule has 0 aromatic heterocycles. The zero-order valence-electron chi connectivity index (χ0n) is 11.1. The molecule has 1 N–H and O–H groups in total. The Kier molecular flexibility index (Phi) is 4.92. The molecule has 19 heavy (non-hydrogen) atoms. The maximum absolute atomic E-state index is 14.1. The zero-order valence-corrected chi connectivity index (χ0v) is 12.6. The quantitative estimate of drug-likeness (QED) is 0.846. The summed E-state index contributed by atoms with van der Waals surface area (Å²) in [4.78, 5) is 0. The topological polar surface area (TPSA) is 21.3 Å². The van der Waals surface area contributed by atoms with Crippen molar-refractivity contribution in [2.75, 3.05) is 13.2 Å². The van der Waals surface area contributed by atoms with Crippen molar-refractivity contribution in [1.29, 1.82) is 0 Å². The lowest BCUT2D eigenvalue weighted by Crippen LogP contribution is -2.29. The monoisotopic (exact) mass is 333 g/mol. The molecule has 5 heteroatoms. The Morgan fingerprint density at radius 1 is 1.42 bits per heavy atom. The number of rotatable bonds is 4. The summed E-state index contributed by atoms with van der Waals surface area (Å²) in [5.41, 5.74) is 0.380. The highest BCUT2D eigenvalue weighted by Crippen LogP contribution is 2.34. The molecule has 2 rings (SSSR count). The summed E-state index contributed by atoms with van der Waals surface area (Å²) in [5.74, 6) is -0.657. The third-order valence-corrected chi connectivity index (χ3v) is 4.11. The van der Waals surface area contributed by atoms with Gasteiger partial charge in [0.1, 0.15) is 11.6 Å². The van der Waals surface area contributed by atoms with E-state index in [0.717, 1.165) is 6.42 Å². The molecule has 106 valence electrons. The predicted octanol–water partition coefficient (Wildman–Crippen LogP) is 3.80. The second-order valence-electron chi connectivity index (χ2n) is 4.96. The molecule has 0 bridgehead atoms. The van der Waals surface area contributed by atoms with E-state index in [2.05, 4.69) is 21.2 Å². The first-order chi connectivity index (χ1) is 9.02. The van der Waals surface area contributed by atoms with E-state index >= 15 is 0 Å². The van der Waals surface area contributed by atoms with E-state index in [1.165, 1.54) is 12.1 Å².